The third kappa shape index (κ3) is 6.25. The van der Waals surface area contributed by atoms with Crippen LogP contribution in [0, 0.1) is 0 Å². The summed E-state index contributed by atoms with van der Waals surface area (Å²) in [6, 6.07) is 20.1. The van der Waals surface area contributed by atoms with Gasteiger partial charge in [-0.1, -0.05) is 108 Å². The summed E-state index contributed by atoms with van der Waals surface area (Å²) < 4.78 is 12.3. The largest absolute Gasteiger partial charge is 0.457 e. The highest BCUT2D eigenvalue weighted by Gasteiger charge is 2.24. The van der Waals surface area contributed by atoms with Gasteiger partial charge in [-0.25, -0.2) is 0 Å². The summed E-state index contributed by atoms with van der Waals surface area (Å²) in [5.41, 5.74) is 5.67. The van der Waals surface area contributed by atoms with Crippen LogP contribution in [0.5, 0.6) is 11.5 Å². The van der Waals surface area contributed by atoms with E-state index in [-0.39, 0.29) is 13.4 Å². The third-order valence-electron chi connectivity index (χ3n) is 8.26. The molecule has 0 fully saturated rings. The first-order chi connectivity index (χ1) is 19.2. The molecule has 0 atom stereocenters. The van der Waals surface area contributed by atoms with E-state index in [1.165, 1.54) is 86.1 Å². The second-order valence-corrected chi connectivity index (χ2v) is 11.2. The Morgan fingerprint density at radius 2 is 1.23 bits per heavy atom. The minimum absolute atomic E-state index is 0.0677. The fraction of sp³-hybridized carbons (Fsp3) is 0.444. The Morgan fingerprint density at radius 3 is 1.87 bits per heavy atom. The van der Waals surface area contributed by atoms with Crippen LogP contribution in [0.4, 0.5) is 0 Å². The number of rotatable bonds is 13. The minimum Gasteiger partial charge on any atom is -0.457 e. The number of ether oxygens (including phenoxy) is 2. The van der Waals surface area contributed by atoms with Gasteiger partial charge in [0.2, 0.25) is 6.79 Å². The van der Waals surface area contributed by atoms with Crippen LogP contribution in [-0.2, 0) is 19.4 Å². The van der Waals surface area contributed by atoms with Gasteiger partial charge in [-0.2, -0.15) is 0 Å². The van der Waals surface area contributed by atoms with E-state index in [9.17, 15) is 5.11 Å². The van der Waals surface area contributed by atoms with E-state index in [1.54, 1.807) is 0 Å². The van der Waals surface area contributed by atoms with E-state index in [0.717, 1.165) is 51.8 Å². The summed E-state index contributed by atoms with van der Waals surface area (Å²) in [6.45, 7) is 4.59. The molecule has 1 heterocycles. The van der Waals surface area contributed by atoms with Gasteiger partial charge in [-0.3, -0.25) is 0 Å². The van der Waals surface area contributed by atoms with Crippen molar-refractivity contribution < 1.29 is 14.6 Å². The van der Waals surface area contributed by atoms with Crippen LogP contribution in [0.15, 0.2) is 54.6 Å². The summed E-state index contributed by atoms with van der Waals surface area (Å²) in [4.78, 5) is 0. The molecule has 0 saturated carbocycles. The number of hydrogen-bond donors (Lipinski definition) is 1. The predicted molar refractivity (Wildman–Crippen MR) is 164 cm³/mol. The zero-order valence-electron chi connectivity index (χ0n) is 23.9. The topological polar surface area (TPSA) is 38.7 Å². The molecule has 4 aromatic carbocycles. The van der Waals surface area contributed by atoms with E-state index < -0.39 is 0 Å². The first kappa shape index (κ1) is 27.5. The second kappa shape index (κ2) is 13.3. The molecule has 206 valence electrons. The fourth-order valence-electron chi connectivity index (χ4n) is 6.09. The molecule has 1 N–H and O–H groups in total. The zero-order chi connectivity index (χ0) is 27.0. The monoisotopic (exact) mass is 524 g/mol. The highest BCUT2D eigenvalue weighted by Crippen LogP contribution is 2.48. The number of hydrogen-bond acceptors (Lipinski definition) is 3. The normalized spacial score (nSPS) is 12.6. The maximum atomic E-state index is 10.4. The summed E-state index contributed by atoms with van der Waals surface area (Å²) in [5, 5.41) is 15.1. The summed E-state index contributed by atoms with van der Waals surface area (Å²) >= 11 is 0. The fourth-order valence-corrected chi connectivity index (χ4v) is 6.09. The Labute approximate surface area is 234 Å². The SMILES string of the molecule is CCCCCCCc1ccc2c3c(ccc2c1)OCOc1c(CO)cc2cc(CCCCCCC)ccc2c1-3. The molecule has 0 aromatic heterocycles. The second-order valence-electron chi connectivity index (χ2n) is 11.2. The Kier molecular flexibility index (Phi) is 9.42. The molecule has 0 bridgehead atoms. The van der Waals surface area contributed by atoms with Crippen molar-refractivity contribution in [3.05, 3.63) is 71.3 Å². The average Bonchev–Trinajstić information content (AvgIpc) is 3.16. The lowest BCUT2D eigenvalue weighted by Crippen LogP contribution is -2.05. The van der Waals surface area contributed by atoms with Crippen LogP contribution in [0.2, 0.25) is 0 Å². The van der Waals surface area contributed by atoms with Crippen molar-refractivity contribution in [1.29, 1.82) is 0 Å². The van der Waals surface area contributed by atoms with E-state index in [4.69, 9.17) is 9.47 Å². The minimum atomic E-state index is -0.0677. The molecule has 0 unspecified atom stereocenters. The Morgan fingerprint density at radius 1 is 0.615 bits per heavy atom. The number of fused-ring (bicyclic) bond motifs is 7. The third-order valence-corrected chi connectivity index (χ3v) is 8.26. The molecule has 4 aromatic rings. The van der Waals surface area contributed by atoms with Gasteiger partial charge in [0, 0.05) is 16.7 Å². The Balaban J connectivity index is 1.53. The molecule has 0 radical (unpaired) electrons. The molecule has 0 amide bonds. The average molecular weight is 525 g/mol. The quantitative estimate of drug-likeness (QED) is 0.177. The maximum absolute atomic E-state index is 10.4. The lowest BCUT2D eigenvalue weighted by molar-refractivity contribution is 0.122. The van der Waals surface area contributed by atoms with Crippen molar-refractivity contribution in [3.63, 3.8) is 0 Å². The van der Waals surface area contributed by atoms with Gasteiger partial charge in [0.15, 0.2) is 0 Å². The molecule has 1 aliphatic rings. The van der Waals surface area contributed by atoms with E-state index in [2.05, 4.69) is 68.4 Å². The van der Waals surface area contributed by atoms with Crippen LogP contribution in [0.25, 0.3) is 32.7 Å². The summed E-state index contributed by atoms with van der Waals surface area (Å²) in [5.74, 6) is 1.58. The first-order valence-corrected chi connectivity index (χ1v) is 15.2. The Bertz CT molecular complexity index is 1400. The standard InChI is InChI=1S/C36H44O3/c1-3-5-7-9-11-13-26-15-18-31-28(21-26)17-20-33-34(31)35-32-19-16-27(14-12-10-8-6-4-2)22-29(32)23-30(24-37)36(35)39-25-38-33/h15-23,37H,3-14,24-25H2,1-2H3. The van der Waals surface area contributed by atoms with Gasteiger partial charge < -0.3 is 14.6 Å². The van der Waals surface area contributed by atoms with Crippen molar-refractivity contribution in [3.8, 4) is 22.6 Å². The molecule has 0 spiro atoms. The number of benzene rings is 4. The lowest BCUT2D eigenvalue weighted by Gasteiger charge is -2.17. The molecule has 3 nitrogen and oxygen atoms in total. The summed E-state index contributed by atoms with van der Waals surface area (Å²) in [7, 11) is 0. The van der Waals surface area contributed by atoms with E-state index in [1.807, 2.05) is 0 Å². The van der Waals surface area contributed by atoms with Gasteiger partial charge in [-0.05, 0) is 70.5 Å². The molecular formula is C36H44O3. The highest BCUT2D eigenvalue weighted by atomic mass is 16.7. The van der Waals surface area contributed by atoms with Crippen LogP contribution >= 0.6 is 0 Å². The molecule has 5 rings (SSSR count). The molecule has 0 saturated heterocycles. The van der Waals surface area contributed by atoms with Gasteiger partial charge in [0.05, 0.1) is 6.61 Å². The van der Waals surface area contributed by atoms with E-state index in [0.29, 0.717) is 0 Å². The van der Waals surface area contributed by atoms with Crippen LogP contribution in [0.3, 0.4) is 0 Å². The van der Waals surface area contributed by atoms with Crippen molar-refractivity contribution >= 4 is 21.5 Å². The number of aliphatic hydroxyl groups is 1. The van der Waals surface area contributed by atoms with Crippen LogP contribution in [-0.4, -0.2) is 11.9 Å². The molecule has 0 aliphatic carbocycles. The molecule has 39 heavy (non-hydrogen) atoms. The Hall–Kier alpha value is -3.04. The van der Waals surface area contributed by atoms with E-state index >= 15 is 0 Å². The zero-order valence-corrected chi connectivity index (χ0v) is 23.9. The van der Waals surface area contributed by atoms with Gasteiger partial charge in [-0.15, -0.1) is 0 Å². The van der Waals surface area contributed by atoms with Crippen LogP contribution < -0.4 is 9.47 Å². The number of unbranched alkanes of at least 4 members (excludes halogenated alkanes) is 8. The van der Waals surface area contributed by atoms with Crippen molar-refractivity contribution in [2.45, 2.75) is 97.5 Å². The predicted octanol–water partition coefficient (Wildman–Crippen LogP) is 9.91. The van der Waals surface area contributed by atoms with Crippen molar-refractivity contribution in [2.75, 3.05) is 6.79 Å². The maximum Gasteiger partial charge on any atom is 0.230 e. The number of aryl methyl sites for hydroxylation is 2. The van der Waals surface area contributed by atoms with Gasteiger partial charge in [0.25, 0.3) is 0 Å². The smallest absolute Gasteiger partial charge is 0.230 e. The number of aliphatic hydroxyl groups excluding tert-OH is 1. The van der Waals surface area contributed by atoms with Gasteiger partial charge in [0.1, 0.15) is 11.5 Å². The van der Waals surface area contributed by atoms with Gasteiger partial charge >= 0.3 is 0 Å². The van der Waals surface area contributed by atoms with Crippen molar-refractivity contribution in [2.24, 2.45) is 0 Å². The lowest BCUT2D eigenvalue weighted by atomic mass is 9.89. The highest BCUT2D eigenvalue weighted by molar-refractivity contribution is 6.10. The van der Waals surface area contributed by atoms with Crippen molar-refractivity contribution in [1.82, 2.24) is 0 Å². The summed E-state index contributed by atoms with van der Waals surface area (Å²) in [6.07, 6.45) is 15.1. The molecular weight excluding hydrogens is 480 g/mol. The van der Waals surface area contributed by atoms with Crippen LogP contribution in [0.1, 0.15) is 94.7 Å². The first-order valence-electron chi connectivity index (χ1n) is 15.2. The molecule has 1 aliphatic heterocycles. The molecule has 3 heteroatoms.